The maximum atomic E-state index is 8.72. The van der Waals surface area contributed by atoms with Gasteiger partial charge in [-0.2, -0.15) is 5.26 Å². The minimum atomic E-state index is -0.465. The third kappa shape index (κ3) is 1.36. The second kappa shape index (κ2) is 3.08. The Morgan fingerprint density at radius 1 is 1.62 bits per heavy atom. The van der Waals surface area contributed by atoms with E-state index in [2.05, 4.69) is 10.3 Å². The summed E-state index contributed by atoms with van der Waals surface area (Å²) in [4.78, 5) is 4.09. The molecule has 0 saturated carbocycles. The molecule has 2 heterocycles. The number of alkyl halides is 1. The summed E-state index contributed by atoms with van der Waals surface area (Å²) in [6.45, 7) is 0. The number of nitrogens with zero attached hydrogens (tertiary/aromatic N) is 2. The number of rotatable bonds is 0. The van der Waals surface area contributed by atoms with E-state index in [1.54, 1.807) is 12.3 Å². The Hall–Kier alpha value is -1.53. The van der Waals surface area contributed by atoms with E-state index >= 15 is 0 Å². The first kappa shape index (κ1) is 8.09. The average Bonchev–Trinajstić information content (AvgIpc) is 2.17. The molecule has 1 aromatic rings. The molecule has 0 spiro atoms. The maximum absolute atomic E-state index is 8.72. The molecular weight excluding hydrogens is 186 g/mol. The van der Waals surface area contributed by atoms with Gasteiger partial charge in [-0.1, -0.05) is 11.6 Å². The molecule has 3 nitrogen and oxygen atoms in total. The number of hydrogen-bond acceptors (Lipinski definition) is 3. The molecule has 1 atom stereocenters. The van der Waals surface area contributed by atoms with Crippen molar-refractivity contribution < 1.29 is 0 Å². The van der Waals surface area contributed by atoms with Gasteiger partial charge < -0.3 is 5.32 Å². The van der Waals surface area contributed by atoms with Gasteiger partial charge in [0.15, 0.2) is 0 Å². The predicted molar refractivity (Wildman–Crippen MR) is 51.1 cm³/mol. The minimum Gasteiger partial charge on any atom is -0.349 e. The number of hydrogen-bond donors (Lipinski definition) is 1. The summed E-state index contributed by atoms with van der Waals surface area (Å²) in [5.74, 6) is 0.724. The Labute approximate surface area is 80.7 Å². The molecule has 0 bridgehead atoms. The zero-order chi connectivity index (χ0) is 9.26. The highest BCUT2D eigenvalue weighted by Gasteiger charge is 2.18. The fraction of sp³-hybridized carbons (Fsp3) is 0.111. The van der Waals surface area contributed by atoms with Crippen molar-refractivity contribution in [2.75, 3.05) is 5.32 Å². The van der Waals surface area contributed by atoms with Gasteiger partial charge in [0.1, 0.15) is 11.3 Å². The Bertz CT molecular complexity index is 406. The van der Waals surface area contributed by atoms with Crippen molar-refractivity contribution in [3.8, 4) is 6.07 Å². The van der Waals surface area contributed by atoms with Gasteiger partial charge in [0.25, 0.3) is 0 Å². The van der Waals surface area contributed by atoms with E-state index < -0.39 is 5.50 Å². The van der Waals surface area contributed by atoms with Crippen LogP contribution in [-0.4, -0.2) is 10.5 Å². The number of halogens is 1. The van der Waals surface area contributed by atoms with Crippen molar-refractivity contribution in [1.29, 1.82) is 5.26 Å². The molecule has 1 N–H and O–H groups in total. The van der Waals surface area contributed by atoms with Crippen LogP contribution in [0, 0.1) is 11.3 Å². The highest BCUT2D eigenvalue weighted by Crippen LogP contribution is 2.25. The first-order valence-electron chi connectivity index (χ1n) is 3.78. The van der Waals surface area contributed by atoms with Crippen molar-refractivity contribution >= 4 is 23.5 Å². The summed E-state index contributed by atoms with van der Waals surface area (Å²) in [6, 6.07) is 5.74. The molecule has 1 aliphatic rings. The molecule has 0 aromatic carbocycles. The molecule has 1 aromatic heterocycles. The molecule has 0 radical (unpaired) electrons. The minimum absolute atomic E-state index is 0.465. The van der Waals surface area contributed by atoms with Crippen molar-refractivity contribution in [1.82, 2.24) is 4.98 Å². The summed E-state index contributed by atoms with van der Waals surface area (Å²) in [5, 5.41) is 11.6. The SMILES string of the molecule is N#CC1=Cc2cccnc2NC1Cl. The van der Waals surface area contributed by atoms with Gasteiger partial charge in [-0.25, -0.2) is 4.98 Å². The van der Waals surface area contributed by atoms with Crippen LogP contribution in [0.25, 0.3) is 6.08 Å². The van der Waals surface area contributed by atoms with Crippen molar-refractivity contribution in [3.05, 3.63) is 29.5 Å². The molecule has 64 valence electrons. The van der Waals surface area contributed by atoms with Gasteiger partial charge in [0.2, 0.25) is 0 Å². The van der Waals surface area contributed by atoms with Gasteiger partial charge in [0, 0.05) is 11.8 Å². The van der Waals surface area contributed by atoms with Crippen LogP contribution in [0.1, 0.15) is 5.56 Å². The standard InChI is InChI=1S/C9H6ClN3/c10-8-7(5-11)4-6-2-1-3-12-9(6)13-8/h1-4,8H,(H,12,13). The van der Waals surface area contributed by atoms with Gasteiger partial charge in [-0.3, -0.25) is 0 Å². The van der Waals surface area contributed by atoms with E-state index in [1.807, 2.05) is 18.2 Å². The largest absolute Gasteiger partial charge is 0.349 e. The second-order valence-corrected chi connectivity index (χ2v) is 3.10. The van der Waals surface area contributed by atoms with Crippen molar-refractivity contribution in [3.63, 3.8) is 0 Å². The summed E-state index contributed by atoms with van der Waals surface area (Å²) >= 11 is 5.87. The van der Waals surface area contributed by atoms with Crippen LogP contribution < -0.4 is 5.32 Å². The number of aromatic nitrogens is 1. The molecule has 4 heteroatoms. The topological polar surface area (TPSA) is 48.7 Å². The van der Waals surface area contributed by atoms with Crippen LogP contribution in [0.5, 0.6) is 0 Å². The summed E-state index contributed by atoms with van der Waals surface area (Å²) in [6.07, 6.45) is 3.43. The third-order valence-electron chi connectivity index (χ3n) is 1.82. The Morgan fingerprint density at radius 2 is 2.46 bits per heavy atom. The predicted octanol–water partition coefficient (Wildman–Crippen LogP) is 1.98. The van der Waals surface area contributed by atoms with Gasteiger partial charge in [-0.15, -0.1) is 0 Å². The third-order valence-corrected chi connectivity index (χ3v) is 2.16. The molecule has 0 saturated heterocycles. The quantitative estimate of drug-likeness (QED) is 0.504. The summed E-state index contributed by atoms with van der Waals surface area (Å²) in [5.41, 5.74) is 0.950. The van der Waals surface area contributed by atoms with Crippen LogP contribution in [0.2, 0.25) is 0 Å². The number of nitrogens with one attached hydrogen (secondary N) is 1. The second-order valence-electron chi connectivity index (χ2n) is 2.66. The van der Waals surface area contributed by atoms with Crippen LogP contribution in [0.4, 0.5) is 5.82 Å². The maximum Gasteiger partial charge on any atom is 0.138 e. The van der Waals surface area contributed by atoms with Crippen molar-refractivity contribution in [2.45, 2.75) is 5.50 Å². The first-order chi connectivity index (χ1) is 6.31. The Balaban J connectivity index is 2.51. The normalized spacial score (nSPS) is 19.4. The molecule has 13 heavy (non-hydrogen) atoms. The van der Waals surface area contributed by atoms with E-state index in [9.17, 15) is 0 Å². The summed E-state index contributed by atoms with van der Waals surface area (Å²) < 4.78 is 0. The van der Waals surface area contributed by atoms with Crippen LogP contribution in [-0.2, 0) is 0 Å². The first-order valence-corrected chi connectivity index (χ1v) is 4.22. The monoisotopic (exact) mass is 191 g/mol. The van der Waals surface area contributed by atoms with E-state index in [-0.39, 0.29) is 0 Å². The fourth-order valence-electron chi connectivity index (χ4n) is 1.18. The van der Waals surface area contributed by atoms with Crippen molar-refractivity contribution in [2.24, 2.45) is 0 Å². The number of fused-ring (bicyclic) bond motifs is 1. The van der Waals surface area contributed by atoms with Crippen LogP contribution in [0.15, 0.2) is 23.9 Å². The molecule has 2 rings (SSSR count). The van der Waals surface area contributed by atoms with Gasteiger partial charge in [-0.05, 0) is 18.2 Å². The molecule has 0 amide bonds. The molecular formula is C9H6ClN3. The molecule has 1 aliphatic heterocycles. The number of pyridine rings is 1. The lowest BCUT2D eigenvalue weighted by Gasteiger charge is -2.18. The number of nitriles is 1. The van der Waals surface area contributed by atoms with E-state index in [0.29, 0.717) is 5.57 Å². The van der Waals surface area contributed by atoms with Gasteiger partial charge in [0.05, 0.1) is 11.6 Å². The Kier molecular flexibility index (Phi) is 1.91. The lowest BCUT2D eigenvalue weighted by atomic mass is 10.1. The van der Waals surface area contributed by atoms with E-state index in [4.69, 9.17) is 16.9 Å². The average molecular weight is 192 g/mol. The summed E-state index contributed by atoms with van der Waals surface area (Å²) in [7, 11) is 0. The number of anilines is 1. The van der Waals surface area contributed by atoms with Crippen LogP contribution in [0.3, 0.4) is 0 Å². The lowest BCUT2D eigenvalue weighted by Crippen LogP contribution is -2.19. The highest BCUT2D eigenvalue weighted by atomic mass is 35.5. The van der Waals surface area contributed by atoms with E-state index in [1.165, 1.54) is 0 Å². The zero-order valence-electron chi connectivity index (χ0n) is 6.66. The fourth-order valence-corrected chi connectivity index (χ4v) is 1.40. The molecule has 0 fully saturated rings. The zero-order valence-corrected chi connectivity index (χ0v) is 7.42. The smallest absolute Gasteiger partial charge is 0.138 e. The van der Waals surface area contributed by atoms with E-state index in [0.717, 1.165) is 11.4 Å². The van der Waals surface area contributed by atoms with Crippen LogP contribution >= 0.6 is 11.6 Å². The highest BCUT2D eigenvalue weighted by molar-refractivity contribution is 6.24. The lowest BCUT2D eigenvalue weighted by molar-refractivity contribution is 1.11. The molecule has 0 aliphatic carbocycles. The molecule has 1 unspecified atom stereocenters. The Morgan fingerprint density at radius 3 is 3.23 bits per heavy atom. The van der Waals surface area contributed by atoms with Gasteiger partial charge >= 0.3 is 0 Å².